The molecule has 0 spiro atoms. The number of ether oxygens (including phenoxy) is 1. The Morgan fingerprint density at radius 1 is 1.24 bits per heavy atom. The number of hydrogen-bond donors (Lipinski definition) is 1. The molecule has 0 aromatic carbocycles. The molecule has 2 atom stereocenters. The van der Waals surface area contributed by atoms with Crippen LogP contribution in [0.15, 0.2) is 18.3 Å². The van der Waals surface area contributed by atoms with E-state index in [-0.39, 0.29) is 12.0 Å². The first kappa shape index (κ1) is 21.5. The molecule has 5 rings (SSSR count). The number of aliphatic carboxylic acids is 1. The van der Waals surface area contributed by atoms with E-state index in [1.54, 1.807) is 9.48 Å². The van der Waals surface area contributed by atoms with Gasteiger partial charge in [0.05, 0.1) is 41.0 Å². The van der Waals surface area contributed by atoms with Crippen molar-refractivity contribution in [1.82, 2.24) is 35.0 Å². The quantitative estimate of drug-likeness (QED) is 0.555. The Morgan fingerprint density at radius 2 is 2.09 bits per heavy atom. The van der Waals surface area contributed by atoms with Crippen LogP contribution in [0.3, 0.4) is 0 Å². The summed E-state index contributed by atoms with van der Waals surface area (Å²) >= 11 is 0. The summed E-state index contributed by atoms with van der Waals surface area (Å²) in [5, 5.41) is 26.9. The van der Waals surface area contributed by atoms with Crippen LogP contribution in [-0.2, 0) is 24.8 Å². The second-order valence-corrected chi connectivity index (χ2v) is 9.24. The van der Waals surface area contributed by atoms with Crippen LogP contribution >= 0.6 is 0 Å². The van der Waals surface area contributed by atoms with Crippen LogP contribution in [0.25, 0.3) is 11.4 Å². The van der Waals surface area contributed by atoms with Gasteiger partial charge >= 0.3 is 5.97 Å². The van der Waals surface area contributed by atoms with Crippen molar-refractivity contribution in [2.75, 3.05) is 0 Å². The van der Waals surface area contributed by atoms with E-state index < -0.39 is 5.97 Å². The molecule has 0 aliphatic heterocycles. The predicted molar refractivity (Wildman–Crippen MR) is 119 cm³/mol. The summed E-state index contributed by atoms with van der Waals surface area (Å²) in [5.74, 6) is 0.369. The fourth-order valence-corrected chi connectivity index (χ4v) is 4.47. The molecule has 0 radical (unpaired) electrons. The first-order valence-corrected chi connectivity index (χ1v) is 11.6. The largest absolute Gasteiger partial charge is 0.489 e. The van der Waals surface area contributed by atoms with Crippen molar-refractivity contribution in [1.29, 1.82) is 0 Å². The summed E-state index contributed by atoms with van der Waals surface area (Å²) in [7, 11) is 1.85. The van der Waals surface area contributed by atoms with Crippen LogP contribution in [0.2, 0.25) is 0 Å². The number of carboxylic acid groups (broad SMARTS) is 1. The molecule has 10 nitrogen and oxygen atoms in total. The van der Waals surface area contributed by atoms with Gasteiger partial charge < -0.3 is 9.84 Å². The molecule has 2 saturated carbocycles. The first-order valence-electron chi connectivity index (χ1n) is 11.6. The zero-order valence-electron chi connectivity index (χ0n) is 19.0. The molecule has 33 heavy (non-hydrogen) atoms. The second-order valence-electron chi connectivity index (χ2n) is 9.24. The molecule has 3 aromatic heterocycles. The number of aromatic nitrogens is 7. The van der Waals surface area contributed by atoms with Crippen LogP contribution in [0, 0.1) is 18.8 Å². The van der Waals surface area contributed by atoms with Crippen molar-refractivity contribution in [2.24, 2.45) is 18.9 Å². The Labute approximate surface area is 192 Å². The molecule has 3 aromatic rings. The molecule has 3 heterocycles. The van der Waals surface area contributed by atoms with Gasteiger partial charge in [0.25, 0.3) is 0 Å². The summed E-state index contributed by atoms with van der Waals surface area (Å²) in [6.07, 6.45) is 8.27. The Kier molecular flexibility index (Phi) is 5.82. The number of rotatable bonds is 8. The van der Waals surface area contributed by atoms with Crippen molar-refractivity contribution in [3.8, 4) is 17.1 Å². The highest BCUT2D eigenvalue weighted by molar-refractivity contribution is 5.70. The van der Waals surface area contributed by atoms with E-state index in [0.717, 1.165) is 42.3 Å². The second kappa shape index (κ2) is 8.92. The van der Waals surface area contributed by atoms with Crippen LogP contribution in [0.1, 0.15) is 55.6 Å². The number of pyridine rings is 1. The van der Waals surface area contributed by atoms with E-state index in [9.17, 15) is 9.90 Å². The van der Waals surface area contributed by atoms with Gasteiger partial charge in [-0.15, -0.1) is 5.10 Å². The highest BCUT2D eigenvalue weighted by atomic mass is 16.5. The first-order chi connectivity index (χ1) is 16.0. The zero-order valence-corrected chi connectivity index (χ0v) is 19.0. The van der Waals surface area contributed by atoms with E-state index in [2.05, 4.69) is 20.5 Å². The van der Waals surface area contributed by atoms with Crippen molar-refractivity contribution in [3.63, 3.8) is 0 Å². The monoisotopic (exact) mass is 451 g/mol. The lowest BCUT2D eigenvalue weighted by Gasteiger charge is -2.27. The fraction of sp³-hybridized carbons (Fsp3) is 0.565. The van der Waals surface area contributed by atoms with Crippen molar-refractivity contribution in [3.05, 3.63) is 35.4 Å². The van der Waals surface area contributed by atoms with Crippen LogP contribution in [0.4, 0.5) is 0 Å². The molecular formula is C23H29N7O3. The van der Waals surface area contributed by atoms with Crippen LogP contribution in [0.5, 0.6) is 5.75 Å². The highest BCUT2D eigenvalue weighted by Crippen LogP contribution is 2.32. The third-order valence-corrected chi connectivity index (χ3v) is 6.56. The van der Waals surface area contributed by atoms with E-state index in [1.165, 1.54) is 12.8 Å². The number of aryl methyl sites for hydroxylation is 2. The maximum Gasteiger partial charge on any atom is 0.306 e. The molecule has 2 aliphatic rings. The van der Waals surface area contributed by atoms with E-state index >= 15 is 0 Å². The van der Waals surface area contributed by atoms with Gasteiger partial charge in [0.1, 0.15) is 18.0 Å². The minimum absolute atomic E-state index is 0.103. The van der Waals surface area contributed by atoms with Gasteiger partial charge in [-0.05, 0) is 69.9 Å². The minimum atomic E-state index is -0.741. The van der Waals surface area contributed by atoms with E-state index in [0.29, 0.717) is 36.5 Å². The Bertz CT molecular complexity index is 1150. The Balaban J connectivity index is 1.31. The van der Waals surface area contributed by atoms with Crippen LogP contribution < -0.4 is 4.74 Å². The molecule has 10 heteroatoms. The molecular weight excluding hydrogens is 422 g/mol. The summed E-state index contributed by atoms with van der Waals surface area (Å²) in [6, 6.07) is 3.77. The lowest BCUT2D eigenvalue weighted by atomic mass is 9.87. The molecule has 0 bridgehead atoms. The molecule has 2 aliphatic carbocycles. The number of hydrogen-bond acceptors (Lipinski definition) is 7. The van der Waals surface area contributed by atoms with Gasteiger partial charge in [0.15, 0.2) is 0 Å². The van der Waals surface area contributed by atoms with Crippen LogP contribution in [-0.4, -0.2) is 52.2 Å². The Morgan fingerprint density at radius 3 is 2.85 bits per heavy atom. The topological polar surface area (TPSA) is 121 Å². The molecule has 2 fully saturated rings. The highest BCUT2D eigenvalue weighted by Gasteiger charge is 2.29. The molecule has 1 N–H and O–H groups in total. The summed E-state index contributed by atoms with van der Waals surface area (Å²) in [6.45, 7) is 2.35. The average molecular weight is 452 g/mol. The third-order valence-electron chi connectivity index (χ3n) is 6.56. The van der Waals surface area contributed by atoms with Gasteiger partial charge in [-0.1, -0.05) is 5.21 Å². The summed E-state index contributed by atoms with van der Waals surface area (Å²) in [5.41, 5.74) is 4.04. The normalized spacial score (nSPS) is 20.7. The number of carboxylic acids is 1. The third kappa shape index (κ3) is 4.89. The summed E-state index contributed by atoms with van der Waals surface area (Å²) in [4.78, 5) is 17.8. The summed E-state index contributed by atoms with van der Waals surface area (Å²) < 4.78 is 7.87. The maximum atomic E-state index is 11.3. The van der Waals surface area contributed by atoms with Gasteiger partial charge in [-0.3, -0.25) is 4.79 Å². The van der Waals surface area contributed by atoms with Gasteiger partial charge in [-0.25, -0.2) is 9.67 Å². The predicted octanol–water partition coefficient (Wildman–Crippen LogP) is 2.80. The minimum Gasteiger partial charge on any atom is -0.489 e. The fourth-order valence-electron chi connectivity index (χ4n) is 4.47. The molecule has 0 unspecified atom stereocenters. The van der Waals surface area contributed by atoms with Gasteiger partial charge in [0, 0.05) is 7.05 Å². The lowest BCUT2D eigenvalue weighted by Crippen LogP contribution is -2.29. The van der Waals surface area contributed by atoms with Crippen molar-refractivity contribution in [2.45, 2.75) is 64.5 Å². The molecule has 0 amide bonds. The van der Waals surface area contributed by atoms with Crippen molar-refractivity contribution < 1.29 is 14.6 Å². The Hall–Kier alpha value is -3.30. The smallest absolute Gasteiger partial charge is 0.306 e. The van der Waals surface area contributed by atoms with E-state index in [4.69, 9.17) is 9.72 Å². The number of nitrogens with zero attached hydrogens (tertiary/aromatic N) is 7. The lowest BCUT2D eigenvalue weighted by molar-refractivity contribution is -0.143. The number of carbonyl (C=O) groups is 1. The van der Waals surface area contributed by atoms with Gasteiger partial charge in [-0.2, -0.15) is 15.0 Å². The van der Waals surface area contributed by atoms with E-state index in [1.807, 2.05) is 32.3 Å². The molecule has 0 saturated heterocycles. The zero-order chi connectivity index (χ0) is 22.9. The SMILES string of the molecule is Cc1nc(-c2nnn(C)c2Cn2ncc(CC3CC3)n2)ccc1O[C@H]1CCC[C@H](C(=O)O)C1. The molecule has 174 valence electrons. The average Bonchev–Trinajstić information content (AvgIpc) is 3.39. The standard InChI is InChI=1S/C23H29N7O3/c1-14-21(33-18-5-3-4-16(11-18)23(31)32)9-8-19(25-14)22-20(29(2)28-26-22)13-30-24-12-17(27-30)10-15-6-7-15/h8-9,12,15-16,18H,3-7,10-11,13H2,1-2H3,(H,31,32)/t16-,18-/m0/s1. The van der Waals surface area contributed by atoms with Crippen molar-refractivity contribution >= 4 is 5.97 Å². The van der Waals surface area contributed by atoms with Gasteiger partial charge in [0.2, 0.25) is 0 Å². The maximum absolute atomic E-state index is 11.3.